The standard InChI is InChI=1S/C9H13BrN4O3S2/c1-5(15)11-8-12-13-9(18-8)19(16,17)14-7-4-2-3-6(7)10/h6-7,14H,2-4H2,1H3,(H,11,12,15). The van der Waals surface area contributed by atoms with Crippen molar-refractivity contribution in [2.45, 2.75) is 41.4 Å². The summed E-state index contributed by atoms with van der Waals surface area (Å²) in [6.07, 6.45) is 2.73. The van der Waals surface area contributed by atoms with Crippen molar-refractivity contribution in [1.82, 2.24) is 14.9 Å². The van der Waals surface area contributed by atoms with Crippen LogP contribution in [0.15, 0.2) is 4.34 Å². The number of halogens is 1. The van der Waals surface area contributed by atoms with Crippen molar-refractivity contribution < 1.29 is 13.2 Å². The summed E-state index contributed by atoms with van der Waals surface area (Å²) in [6, 6.07) is -0.127. The van der Waals surface area contributed by atoms with Gasteiger partial charge in [0.05, 0.1) is 0 Å². The first-order valence-corrected chi connectivity index (χ1v) is 8.87. The lowest BCUT2D eigenvalue weighted by Gasteiger charge is -2.14. The van der Waals surface area contributed by atoms with Crippen LogP contribution < -0.4 is 10.0 Å². The van der Waals surface area contributed by atoms with Crippen molar-refractivity contribution in [2.24, 2.45) is 0 Å². The lowest BCUT2D eigenvalue weighted by atomic mass is 10.3. The Labute approximate surface area is 123 Å². The second-order valence-corrected chi connectivity index (χ2v) is 8.27. The number of carbonyl (C=O) groups excluding carboxylic acids is 1. The SMILES string of the molecule is CC(=O)Nc1nnc(S(=O)(=O)NC2CCCC2Br)s1. The zero-order valence-electron chi connectivity index (χ0n) is 10.1. The van der Waals surface area contributed by atoms with E-state index >= 15 is 0 Å². The fourth-order valence-corrected chi connectivity index (χ4v) is 4.99. The number of amides is 1. The molecule has 19 heavy (non-hydrogen) atoms. The summed E-state index contributed by atoms with van der Waals surface area (Å²) in [5, 5.41) is 9.80. The highest BCUT2D eigenvalue weighted by Gasteiger charge is 2.31. The van der Waals surface area contributed by atoms with E-state index in [4.69, 9.17) is 0 Å². The molecular formula is C9H13BrN4O3S2. The maximum absolute atomic E-state index is 12.1. The van der Waals surface area contributed by atoms with Crippen LogP contribution in [0.1, 0.15) is 26.2 Å². The van der Waals surface area contributed by atoms with Gasteiger partial charge in [0.15, 0.2) is 0 Å². The predicted octanol–water partition coefficient (Wildman–Crippen LogP) is 1.09. The normalized spacial score (nSPS) is 23.5. The maximum Gasteiger partial charge on any atom is 0.270 e. The second kappa shape index (κ2) is 5.81. The van der Waals surface area contributed by atoms with Gasteiger partial charge < -0.3 is 5.32 Å². The Balaban J connectivity index is 2.10. The van der Waals surface area contributed by atoms with Crippen LogP contribution in [0.25, 0.3) is 0 Å². The molecule has 7 nitrogen and oxygen atoms in total. The molecule has 2 atom stereocenters. The number of aromatic nitrogens is 2. The van der Waals surface area contributed by atoms with Gasteiger partial charge in [-0.25, -0.2) is 13.1 Å². The van der Waals surface area contributed by atoms with E-state index < -0.39 is 10.0 Å². The molecule has 1 aliphatic rings. The molecule has 1 saturated carbocycles. The van der Waals surface area contributed by atoms with E-state index in [9.17, 15) is 13.2 Å². The Hall–Kier alpha value is -0.580. The van der Waals surface area contributed by atoms with Crippen molar-refractivity contribution in [1.29, 1.82) is 0 Å². The Bertz CT molecular complexity index is 574. The Morgan fingerprint density at radius 2 is 2.16 bits per heavy atom. The lowest BCUT2D eigenvalue weighted by Crippen LogP contribution is -2.37. The number of sulfonamides is 1. The minimum Gasteiger partial charge on any atom is -0.301 e. The van der Waals surface area contributed by atoms with Crippen LogP contribution in [0.5, 0.6) is 0 Å². The molecule has 1 amide bonds. The molecule has 2 unspecified atom stereocenters. The number of nitrogens with one attached hydrogen (secondary N) is 2. The second-order valence-electron chi connectivity index (χ2n) is 4.23. The van der Waals surface area contributed by atoms with Gasteiger partial charge in [-0.05, 0) is 12.8 Å². The summed E-state index contributed by atoms with van der Waals surface area (Å²) in [4.78, 5) is 11.0. The number of nitrogens with zero attached hydrogens (tertiary/aromatic N) is 2. The number of hydrogen-bond acceptors (Lipinski definition) is 6. The molecule has 2 rings (SSSR count). The van der Waals surface area contributed by atoms with E-state index in [0.717, 1.165) is 30.6 Å². The van der Waals surface area contributed by atoms with Crippen LogP contribution in [0.2, 0.25) is 0 Å². The maximum atomic E-state index is 12.1. The smallest absolute Gasteiger partial charge is 0.270 e. The molecule has 1 aliphatic carbocycles. The van der Waals surface area contributed by atoms with Gasteiger partial charge in [-0.2, -0.15) is 0 Å². The van der Waals surface area contributed by atoms with Gasteiger partial charge in [0.2, 0.25) is 15.4 Å². The molecule has 0 bridgehead atoms. The number of alkyl halides is 1. The fraction of sp³-hybridized carbons (Fsp3) is 0.667. The first-order valence-electron chi connectivity index (χ1n) is 5.66. The van der Waals surface area contributed by atoms with Gasteiger partial charge in [-0.1, -0.05) is 33.7 Å². The summed E-state index contributed by atoms with van der Waals surface area (Å²) in [7, 11) is -3.68. The highest BCUT2D eigenvalue weighted by atomic mass is 79.9. The van der Waals surface area contributed by atoms with Gasteiger partial charge in [-0.15, -0.1) is 10.2 Å². The van der Waals surface area contributed by atoms with Gasteiger partial charge >= 0.3 is 0 Å². The minimum atomic E-state index is -3.68. The van der Waals surface area contributed by atoms with Crippen LogP contribution in [0, 0.1) is 0 Å². The lowest BCUT2D eigenvalue weighted by molar-refractivity contribution is -0.114. The number of anilines is 1. The monoisotopic (exact) mass is 368 g/mol. The van der Waals surface area contributed by atoms with Crippen molar-refractivity contribution in [3.63, 3.8) is 0 Å². The molecule has 0 aromatic carbocycles. The summed E-state index contributed by atoms with van der Waals surface area (Å²) in [5.41, 5.74) is 0. The largest absolute Gasteiger partial charge is 0.301 e. The third-order valence-electron chi connectivity index (χ3n) is 2.66. The summed E-state index contributed by atoms with van der Waals surface area (Å²) < 4.78 is 26.7. The van der Waals surface area contributed by atoms with E-state index in [0.29, 0.717) is 0 Å². The minimum absolute atomic E-state index is 0.127. The molecule has 0 aliphatic heterocycles. The third kappa shape index (κ3) is 3.71. The molecule has 106 valence electrons. The van der Waals surface area contributed by atoms with Gasteiger partial charge in [0.1, 0.15) is 0 Å². The summed E-state index contributed by atoms with van der Waals surface area (Å²) in [5.74, 6) is -0.315. The van der Waals surface area contributed by atoms with E-state index in [2.05, 4.69) is 36.2 Å². The fourth-order valence-electron chi connectivity index (χ4n) is 1.82. The topological polar surface area (TPSA) is 101 Å². The predicted molar refractivity (Wildman–Crippen MR) is 74.9 cm³/mol. The van der Waals surface area contributed by atoms with Gasteiger partial charge in [-0.3, -0.25) is 4.79 Å². The first-order chi connectivity index (χ1) is 8.88. The molecule has 1 aromatic heterocycles. The quantitative estimate of drug-likeness (QED) is 0.611. The number of hydrogen-bond donors (Lipinski definition) is 2. The van der Waals surface area contributed by atoms with Crippen molar-refractivity contribution in [3.8, 4) is 0 Å². The van der Waals surface area contributed by atoms with E-state index in [-0.39, 0.29) is 26.2 Å². The van der Waals surface area contributed by atoms with Gasteiger partial charge in [0, 0.05) is 17.8 Å². The molecule has 0 radical (unpaired) electrons. The molecule has 1 heterocycles. The van der Waals surface area contributed by atoms with E-state index in [1.165, 1.54) is 6.92 Å². The summed E-state index contributed by atoms with van der Waals surface area (Å²) >= 11 is 4.28. The molecule has 1 aromatic rings. The molecule has 0 saturated heterocycles. The average Bonchev–Trinajstić information content (AvgIpc) is 2.88. The Morgan fingerprint density at radius 3 is 2.74 bits per heavy atom. The number of rotatable bonds is 4. The zero-order valence-corrected chi connectivity index (χ0v) is 13.3. The number of carbonyl (C=O) groups is 1. The van der Waals surface area contributed by atoms with Crippen molar-refractivity contribution in [3.05, 3.63) is 0 Å². The molecule has 10 heteroatoms. The van der Waals surface area contributed by atoms with Crippen LogP contribution in [0.4, 0.5) is 5.13 Å². The Morgan fingerprint density at radius 1 is 1.42 bits per heavy atom. The molecule has 0 spiro atoms. The third-order valence-corrected chi connectivity index (χ3v) is 6.45. The first kappa shape index (κ1) is 14.8. The average molecular weight is 369 g/mol. The van der Waals surface area contributed by atoms with Crippen LogP contribution >= 0.6 is 27.3 Å². The van der Waals surface area contributed by atoms with Gasteiger partial charge in [0.25, 0.3) is 10.0 Å². The Kier molecular flexibility index (Phi) is 4.54. The van der Waals surface area contributed by atoms with E-state index in [1.54, 1.807) is 0 Å². The van der Waals surface area contributed by atoms with Crippen LogP contribution in [-0.2, 0) is 14.8 Å². The highest BCUT2D eigenvalue weighted by Crippen LogP contribution is 2.28. The van der Waals surface area contributed by atoms with Crippen LogP contribution in [-0.4, -0.2) is 35.4 Å². The summed E-state index contributed by atoms with van der Waals surface area (Å²) in [6.45, 7) is 1.32. The van der Waals surface area contributed by atoms with Crippen LogP contribution in [0.3, 0.4) is 0 Å². The van der Waals surface area contributed by atoms with Crippen molar-refractivity contribution in [2.75, 3.05) is 5.32 Å². The molecule has 1 fully saturated rings. The molecular weight excluding hydrogens is 356 g/mol. The highest BCUT2D eigenvalue weighted by molar-refractivity contribution is 9.09. The van der Waals surface area contributed by atoms with Crippen molar-refractivity contribution >= 4 is 48.3 Å². The van der Waals surface area contributed by atoms with E-state index in [1.807, 2.05) is 0 Å². The molecule has 2 N–H and O–H groups in total. The zero-order chi connectivity index (χ0) is 14.0.